The highest BCUT2D eigenvalue weighted by molar-refractivity contribution is 7.10. The molecule has 1 fully saturated rings. The van der Waals surface area contributed by atoms with Crippen molar-refractivity contribution in [3.05, 3.63) is 46.4 Å². The van der Waals surface area contributed by atoms with Crippen molar-refractivity contribution in [1.29, 1.82) is 0 Å². The van der Waals surface area contributed by atoms with Gasteiger partial charge in [-0.2, -0.15) is 0 Å². The van der Waals surface area contributed by atoms with E-state index in [2.05, 4.69) is 38.8 Å². The van der Waals surface area contributed by atoms with E-state index < -0.39 is 0 Å². The highest BCUT2D eigenvalue weighted by Gasteiger charge is 2.31. The number of aromatic nitrogens is 1. The zero-order valence-corrected chi connectivity index (χ0v) is 14.5. The second-order valence-electron chi connectivity index (χ2n) is 6.16. The number of carbonyl (C=O) groups is 1. The molecule has 2 unspecified atom stereocenters. The van der Waals surface area contributed by atoms with Crippen molar-refractivity contribution in [2.45, 2.75) is 24.9 Å². The summed E-state index contributed by atoms with van der Waals surface area (Å²) in [5.41, 5.74) is 1.13. The van der Waals surface area contributed by atoms with Gasteiger partial charge in [0, 0.05) is 29.9 Å². The number of nitrogens with zero attached hydrogens (tertiary/aromatic N) is 2. The molecule has 0 bridgehead atoms. The Kier molecular flexibility index (Phi) is 5.03. The number of rotatable bonds is 5. The second kappa shape index (κ2) is 7.19. The van der Waals surface area contributed by atoms with Crippen molar-refractivity contribution in [2.24, 2.45) is 0 Å². The molecule has 1 aliphatic rings. The molecule has 0 spiro atoms. The number of H-pyrrole nitrogens is 1. The van der Waals surface area contributed by atoms with Crippen molar-refractivity contribution < 1.29 is 4.79 Å². The van der Waals surface area contributed by atoms with Gasteiger partial charge in [0.1, 0.15) is 0 Å². The molecule has 2 amide bonds. The van der Waals surface area contributed by atoms with Gasteiger partial charge in [0.25, 0.3) is 0 Å². The maximum absolute atomic E-state index is 12.6. The molecule has 3 rings (SSSR count). The molecule has 2 N–H and O–H groups in total. The van der Waals surface area contributed by atoms with Gasteiger partial charge in [-0.15, -0.1) is 11.3 Å². The predicted octanol–water partition coefficient (Wildman–Crippen LogP) is 3.23. The summed E-state index contributed by atoms with van der Waals surface area (Å²) < 4.78 is 0. The van der Waals surface area contributed by atoms with Gasteiger partial charge in [-0.3, -0.25) is 0 Å². The van der Waals surface area contributed by atoms with E-state index >= 15 is 0 Å². The molecule has 1 aliphatic heterocycles. The number of hydrogen-bond acceptors (Lipinski definition) is 3. The van der Waals surface area contributed by atoms with Gasteiger partial charge in [-0.25, -0.2) is 4.79 Å². The molecule has 0 aliphatic carbocycles. The van der Waals surface area contributed by atoms with Crippen LogP contribution in [0.4, 0.5) is 4.79 Å². The van der Waals surface area contributed by atoms with Gasteiger partial charge < -0.3 is 20.1 Å². The van der Waals surface area contributed by atoms with E-state index in [1.54, 1.807) is 11.3 Å². The largest absolute Gasteiger partial charge is 0.363 e. The van der Waals surface area contributed by atoms with Crippen molar-refractivity contribution in [1.82, 2.24) is 20.1 Å². The number of likely N-dealkylation sites (N-methyl/N-ethyl adjacent to an activating group) is 1. The summed E-state index contributed by atoms with van der Waals surface area (Å²) in [6, 6.07) is 8.65. The van der Waals surface area contributed by atoms with E-state index in [-0.39, 0.29) is 18.1 Å². The normalized spacial score (nSPS) is 19.3. The molecule has 0 radical (unpaired) electrons. The highest BCUT2D eigenvalue weighted by atomic mass is 32.1. The first-order valence-corrected chi connectivity index (χ1v) is 8.92. The fraction of sp³-hybridized carbons (Fsp3) is 0.471. The number of amides is 2. The summed E-state index contributed by atoms with van der Waals surface area (Å²) in [4.78, 5) is 21.3. The molecule has 3 heterocycles. The van der Waals surface area contributed by atoms with Gasteiger partial charge in [-0.1, -0.05) is 6.07 Å². The van der Waals surface area contributed by atoms with E-state index in [0.29, 0.717) is 6.54 Å². The molecule has 2 aromatic heterocycles. The Balaban J connectivity index is 1.62. The summed E-state index contributed by atoms with van der Waals surface area (Å²) in [7, 11) is 4.10. The third-order valence-corrected chi connectivity index (χ3v) is 5.41. The molecular weight excluding hydrogens is 308 g/mol. The lowest BCUT2D eigenvalue weighted by molar-refractivity contribution is 0.187. The highest BCUT2D eigenvalue weighted by Crippen LogP contribution is 2.31. The van der Waals surface area contributed by atoms with Crippen LogP contribution in [0.5, 0.6) is 0 Å². The zero-order valence-electron chi connectivity index (χ0n) is 13.7. The van der Waals surface area contributed by atoms with Crippen LogP contribution in [0.3, 0.4) is 0 Å². The Morgan fingerprint density at radius 2 is 2.35 bits per heavy atom. The maximum atomic E-state index is 12.6. The molecule has 0 saturated carbocycles. The average Bonchev–Trinajstić information content (AvgIpc) is 3.27. The molecule has 23 heavy (non-hydrogen) atoms. The van der Waals surface area contributed by atoms with Crippen LogP contribution in [0.1, 0.15) is 35.5 Å². The molecule has 124 valence electrons. The minimum atomic E-state index is 0.0329. The van der Waals surface area contributed by atoms with Crippen molar-refractivity contribution >= 4 is 17.4 Å². The van der Waals surface area contributed by atoms with Crippen LogP contribution in [-0.2, 0) is 0 Å². The van der Waals surface area contributed by atoms with Crippen LogP contribution in [0.15, 0.2) is 35.8 Å². The molecule has 2 atom stereocenters. The van der Waals surface area contributed by atoms with Gasteiger partial charge >= 0.3 is 6.03 Å². The average molecular weight is 332 g/mol. The Morgan fingerprint density at radius 3 is 3.00 bits per heavy atom. The lowest BCUT2D eigenvalue weighted by Crippen LogP contribution is -2.42. The summed E-state index contributed by atoms with van der Waals surface area (Å²) in [5.74, 6) is 0. The molecule has 6 heteroatoms. The molecular formula is C17H24N4OS. The van der Waals surface area contributed by atoms with Crippen LogP contribution < -0.4 is 5.32 Å². The van der Waals surface area contributed by atoms with Crippen LogP contribution in [-0.4, -0.2) is 48.0 Å². The van der Waals surface area contributed by atoms with E-state index in [1.165, 1.54) is 4.88 Å². The van der Waals surface area contributed by atoms with Gasteiger partial charge in [0.15, 0.2) is 0 Å². The number of aromatic amines is 1. The lowest BCUT2D eigenvalue weighted by atomic mass is 10.1. The topological polar surface area (TPSA) is 51.4 Å². The molecule has 0 aromatic carbocycles. The smallest absolute Gasteiger partial charge is 0.318 e. The maximum Gasteiger partial charge on any atom is 0.318 e. The van der Waals surface area contributed by atoms with Gasteiger partial charge in [-0.05, 0) is 50.5 Å². The standard InChI is InChI=1S/C17H24N4OS/c1-20(2)15(16-8-5-11-23-16)12-19-17(22)21-10-4-7-14(21)13-6-3-9-18-13/h3,5-6,8-9,11,14-15,18H,4,7,10,12H2,1-2H3,(H,19,22). The summed E-state index contributed by atoms with van der Waals surface area (Å²) in [6.07, 6.45) is 4.00. The second-order valence-corrected chi connectivity index (χ2v) is 7.14. The molecule has 1 saturated heterocycles. The molecule has 5 nitrogen and oxygen atoms in total. The third-order valence-electron chi connectivity index (χ3n) is 4.44. The quantitative estimate of drug-likeness (QED) is 0.883. The van der Waals surface area contributed by atoms with Crippen LogP contribution in [0.25, 0.3) is 0 Å². The number of likely N-dealkylation sites (tertiary alicyclic amines) is 1. The summed E-state index contributed by atoms with van der Waals surface area (Å²) >= 11 is 1.73. The minimum Gasteiger partial charge on any atom is -0.363 e. The lowest BCUT2D eigenvalue weighted by Gasteiger charge is -2.28. The first kappa shape index (κ1) is 16.1. The van der Waals surface area contributed by atoms with Crippen molar-refractivity contribution in [3.63, 3.8) is 0 Å². The molecule has 2 aromatic rings. The fourth-order valence-corrected chi connectivity index (χ4v) is 4.11. The zero-order chi connectivity index (χ0) is 16.2. The number of carbonyl (C=O) groups excluding carboxylic acids is 1. The Labute approximate surface area is 141 Å². The van der Waals surface area contributed by atoms with E-state index in [1.807, 2.05) is 31.3 Å². The number of hydrogen-bond donors (Lipinski definition) is 2. The number of thiophene rings is 1. The van der Waals surface area contributed by atoms with E-state index in [9.17, 15) is 4.79 Å². The SMILES string of the molecule is CN(C)C(CNC(=O)N1CCCC1c1ccc[nH]1)c1cccs1. The minimum absolute atomic E-state index is 0.0329. The van der Waals surface area contributed by atoms with Gasteiger partial charge in [0.05, 0.1) is 12.1 Å². The van der Waals surface area contributed by atoms with E-state index in [0.717, 1.165) is 25.1 Å². The van der Waals surface area contributed by atoms with Crippen molar-refractivity contribution in [2.75, 3.05) is 27.2 Å². The summed E-state index contributed by atoms with van der Waals surface area (Å²) in [6.45, 7) is 1.45. The Bertz CT molecular complexity index is 609. The van der Waals surface area contributed by atoms with Crippen LogP contribution in [0.2, 0.25) is 0 Å². The summed E-state index contributed by atoms with van der Waals surface area (Å²) in [5, 5.41) is 5.20. The monoisotopic (exact) mass is 332 g/mol. The first-order valence-electron chi connectivity index (χ1n) is 8.04. The third kappa shape index (κ3) is 3.59. The van der Waals surface area contributed by atoms with Crippen LogP contribution in [0, 0.1) is 0 Å². The Hall–Kier alpha value is -1.79. The number of urea groups is 1. The predicted molar refractivity (Wildman–Crippen MR) is 93.6 cm³/mol. The Morgan fingerprint density at radius 1 is 1.48 bits per heavy atom. The van der Waals surface area contributed by atoms with Gasteiger partial charge in [0.2, 0.25) is 0 Å². The first-order chi connectivity index (χ1) is 11.2. The van der Waals surface area contributed by atoms with E-state index in [4.69, 9.17) is 0 Å². The number of nitrogens with one attached hydrogen (secondary N) is 2. The van der Waals surface area contributed by atoms with Crippen LogP contribution >= 0.6 is 11.3 Å². The van der Waals surface area contributed by atoms with Crippen molar-refractivity contribution in [3.8, 4) is 0 Å². The fourth-order valence-electron chi connectivity index (χ4n) is 3.19.